The third kappa shape index (κ3) is 1.09. The van der Waals surface area contributed by atoms with Crippen molar-refractivity contribution in [3.05, 3.63) is 16.0 Å². The summed E-state index contributed by atoms with van der Waals surface area (Å²) in [6, 6.07) is 1.95. The summed E-state index contributed by atoms with van der Waals surface area (Å²) >= 11 is 2.13. The molecule has 2 aromatic heterocycles. The van der Waals surface area contributed by atoms with Crippen LogP contribution in [0.1, 0.15) is 0 Å². The fraction of sp³-hybridized carbons (Fsp3) is 0.167. The number of hydrogen-bond acceptors (Lipinski definition) is 3. The van der Waals surface area contributed by atoms with E-state index in [1.165, 1.54) is 0 Å². The molecular formula is C6H5IN4. The van der Waals surface area contributed by atoms with Crippen LogP contribution < -0.4 is 0 Å². The van der Waals surface area contributed by atoms with Gasteiger partial charge in [-0.15, -0.1) is 10.2 Å². The Morgan fingerprint density at radius 2 is 2.27 bits per heavy atom. The summed E-state index contributed by atoms with van der Waals surface area (Å²) in [5.74, 6) is 0. The lowest BCUT2D eigenvalue weighted by molar-refractivity contribution is 0.776. The summed E-state index contributed by atoms with van der Waals surface area (Å²) in [5.41, 5.74) is 0.824. The molecule has 0 aliphatic carbocycles. The second-order valence-electron chi connectivity index (χ2n) is 2.21. The first-order chi connectivity index (χ1) is 5.27. The van der Waals surface area contributed by atoms with Crippen molar-refractivity contribution in [1.29, 1.82) is 0 Å². The van der Waals surface area contributed by atoms with Gasteiger partial charge in [-0.05, 0) is 28.7 Å². The van der Waals surface area contributed by atoms with Crippen LogP contribution in [-0.2, 0) is 7.05 Å². The standard InChI is InChI=1S/C6H5IN4/c1-11-6-4(3-8-11)2-5(7)9-10-6/h2-3H,1H3. The highest BCUT2D eigenvalue weighted by molar-refractivity contribution is 14.1. The fourth-order valence-electron chi connectivity index (χ4n) is 0.925. The average Bonchev–Trinajstić information content (AvgIpc) is 2.32. The maximum Gasteiger partial charge on any atom is 0.180 e. The third-order valence-corrected chi connectivity index (χ3v) is 1.98. The summed E-state index contributed by atoms with van der Waals surface area (Å²) in [6.07, 6.45) is 1.78. The Hall–Kier alpha value is -0.720. The lowest BCUT2D eigenvalue weighted by Gasteiger charge is -1.90. The van der Waals surface area contributed by atoms with Crippen LogP contribution in [0.2, 0.25) is 0 Å². The third-order valence-electron chi connectivity index (χ3n) is 1.45. The molecule has 2 rings (SSSR count). The van der Waals surface area contributed by atoms with Crippen LogP contribution in [0.15, 0.2) is 12.3 Å². The average molecular weight is 260 g/mol. The van der Waals surface area contributed by atoms with Crippen molar-refractivity contribution in [2.45, 2.75) is 0 Å². The highest BCUT2D eigenvalue weighted by Crippen LogP contribution is 2.10. The van der Waals surface area contributed by atoms with Crippen molar-refractivity contribution in [3.63, 3.8) is 0 Å². The van der Waals surface area contributed by atoms with E-state index in [1.807, 2.05) is 13.1 Å². The molecule has 11 heavy (non-hydrogen) atoms. The van der Waals surface area contributed by atoms with Gasteiger partial charge in [0.25, 0.3) is 0 Å². The molecule has 4 nitrogen and oxygen atoms in total. The van der Waals surface area contributed by atoms with Crippen LogP contribution in [0.5, 0.6) is 0 Å². The number of aryl methyl sites for hydroxylation is 1. The van der Waals surface area contributed by atoms with E-state index in [-0.39, 0.29) is 0 Å². The SMILES string of the molecule is Cn1ncc2cc(I)nnc21. The van der Waals surface area contributed by atoms with Crippen molar-refractivity contribution < 1.29 is 0 Å². The Labute approximate surface area is 76.8 Å². The predicted molar refractivity (Wildman–Crippen MR) is 49.0 cm³/mol. The first-order valence-corrected chi connectivity index (χ1v) is 4.16. The molecule has 2 aromatic rings. The first kappa shape index (κ1) is 6.96. The molecule has 0 radical (unpaired) electrons. The summed E-state index contributed by atoms with van der Waals surface area (Å²) in [5, 5.41) is 13.0. The second-order valence-corrected chi connectivity index (χ2v) is 3.32. The number of halogens is 1. The Morgan fingerprint density at radius 1 is 1.45 bits per heavy atom. The minimum atomic E-state index is 0.824. The van der Waals surface area contributed by atoms with Crippen molar-refractivity contribution >= 4 is 33.6 Å². The Balaban J connectivity index is 2.86. The zero-order valence-electron chi connectivity index (χ0n) is 5.82. The first-order valence-electron chi connectivity index (χ1n) is 3.08. The van der Waals surface area contributed by atoms with E-state index in [2.05, 4.69) is 37.9 Å². The molecule has 0 N–H and O–H groups in total. The normalized spacial score (nSPS) is 10.7. The van der Waals surface area contributed by atoms with Crippen LogP contribution in [-0.4, -0.2) is 20.0 Å². The maximum absolute atomic E-state index is 4.05. The van der Waals surface area contributed by atoms with Crippen LogP contribution in [0, 0.1) is 3.70 Å². The molecule has 0 unspecified atom stereocenters. The van der Waals surface area contributed by atoms with E-state index in [1.54, 1.807) is 10.9 Å². The zero-order chi connectivity index (χ0) is 7.84. The van der Waals surface area contributed by atoms with E-state index >= 15 is 0 Å². The number of nitrogens with zero attached hydrogens (tertiary/aromatic N) is 4. The van der Waals surface area contributed by atoms with Gasteiger partial charge in [-0.25, -0.2) is 4.68 Å². The molecule has 56 valence electrons. The van der Waals surface area contributed by atoms with Gasteiger partial charge in [-0.2, -0.15) is 5.10 Å². The smallest absolute Gasteiger partial charge is 0.180 e. The molecule has 0 amide bonds. The minimum Gasteiger partial charge on any atom is -0.249 e. The van der Waals surface area contributed by atoms with Gasteiger partial charge in [0, 0.05) is 12.4 Å². The van der Waals surface area contributed by atoms with Crippen molar-refractivity contribution in [1.82, 2.24) is 20.0 Å². The van der Waals surface area contributed by atoms with Crippen LogP contribution in [0.4, 0.5) is 0 Å². The molecule has 2 heterocycles. The molecular weight excluding hydrogens is 255 g/mol. The van der Waals surface area contributed by atoms with E-state index in [9.17, 15) is 0 Å². The van der Waals surface area contributed by atoms with Gasteiger partial charge >= 0.3 is 0 Å². The molecule has 0 saturated heterocycles. The summed E-state index contributed by atoms with van der Waals surface area (Å²) < 4.78 is 2.60. The van der Waals surface area contributed by atoms with Crippen molar-refractivity contribution in [3.8, 4) is 0 Å². The number of hydrogen-bond donors (Lipinski definition) is 0. The lowest BCUT2D eigenvalue weighted by atomic mass is 10.4. The van der Waals surface area contributed by atoms with Crippen molar-refractivity contribution in [2.24, 2.45) is 7.05 Å². The van der Waals surface area contributed by atoms with Gasteiger partial charge in [-0.1, -0.05) is 0 Å². The van der Waals surface area contributed by atoms with Gasteiger partial charge in [0.05, 0.1) is 6.20 Å². The van der Waals surface area contributed by atoms with Crippen LogP contribution >= 0.6 is 22.6 Å². The highest BCUT2D eigenvalue weighted by Gasteiger charge is 2.00. The number of aromatic nitrogens is 4. The van der Waals surface area contributed by atoms with Gasteiger partial charge in [0.1, 0.15) is 3.70 Å². The Bertz CT molecular complexity index is 394. The fourth-order valence-corrected chi connectivity index (χ4v) is 1.37. The Kier molecular flexibility index (Phi) is 1.52. The van der Waals surface area contributed by atoms with Gasteiger partial charge in [0.2, 0.25) is 0 Å². The summed E-state index contributed by atoms with van der Waals surface area (Å²) in [4.78, 5) is 0. The van der Waals surface area contributed by atoms with Crippen molar-refractivity contribution in [2.75, 3.05) is 0 Å². The maximum atomic E-state index is 4.05. The number of rotatable bonds is 0. The highest BCUT2D eigenvalue weighted by atomic mass is 127. The monoisotopic (exact) mass is 260 g/mol. The molecule has 0 atom stereocenters. The molecule has 0 bridgehead atoms. The molecule has 0 aromatic carbocycles. The molecule has 0 saturated carbocycles. The van der Waals surface area contributed by atoms with Crippen LogP contribution in [0.25, 0.3) is 11.0 Å². The van der Waals surface area contributed by atoms with Crippen LogP contribution in [0.3, 0.4) is 0 Å². The largest absolute Gasteiger partial charge is 0.249 e. The Morgan fingerprint density at radius 3 is 3.09 bits per heavy atom. The molecule has 0 aliphatic rings. The molecule has 0 aliphatic heterocycles. The van der Waals surface area contributed by atoms with E-state index in [0.717, 1.165) is 14.7 Å². The van der Waals surface area contributed by atoms with Gasteiger partial charge < -0.3 is 0 Å². The lowest BCUT2D eigenvalue weighted by Crippen LogP contribution is -1.93. The minimum absolute atomic E-state index is 0.824. The van der Waals surface area contributed by atoms with E-state index < -0.39 is 0 Å². The van der Waals surface area contributed by atoms with Gasteiger partial charge in [0.15, 0.2) is 5.65 Å². The van der Waals surface area contributed by atoms with Gasteiger partial charge in [-0.3, -0.25) is 0 Å². The summed E-state index contributed by atoms with van der Waals surface area (Å²) in [6.45, 7) is 0. The summed E-state index contributed by atoms with van der Waals surface area (Å²) in [7, 11) is 1.85. The van der Waals surface area contributed by atoms with E-state index in [0.29, 0.717) is 0 Å². The molecule has 5 heteroatoms. The molecule has 0 fully saturated rings. The quantitative estimate of drug-likeness (QED) is 0.663. The zero-order valence-corrected chi connectivity index (χ0v) is 7.98. The van der Waals surface area contributed by atoms with E-state index in [4.69, 9.17) is 0 Å². The number of fused-ring (bicyclic) bond motifs is 1. The molecule has 0 spiro atoms. The predicted octanol–water partition coefficient (Wildman–Crippen LogP) is 0.968. The topological polar surface area (TPSA) is 43.6 Å². The second kappa shape index (κ2) is 2.40.